The first-order valence-corrected chi connectivity index (χ1v) is 9.35. The number of ketones is 1. The second kappa shape index (κ2) is 9.16. The number of hydrogen-bond donors (Lipinski definition) is 1. The van der Waals surface area contributed by atoms with Crippen LogP contribution in [0.5, 0.6) is 0 Å². The highest BCUT2D eigenvalue weighted by molar-refractivity contribution is 7.89. The standard InChI is InChI=1S/C18H14F2N2O5S/c19-14-3-1-4-15(20)17(14)16(23)11-27-18(24)12-5-7-13(8-6-12)28(25,26)22-10-2-9-21/h1,3-8,22H,2,10-11H2. The van der Waals surface area contributed by atoms with Gasteiger partial charge >= 0.3 is 5.97 Å². The van der Waals surface area contributed by atoms with Crippen LogP contribution in [0.3, 0.4) is 0 Å². The van der Waals surface area contributed by atoms with Gasteiger partial charge in [-0.05, 0) is 36.4 Å². The maximum absolute atomic E-state index is 13.5. The van der Waals surface area contributed by atoms with Gasteiger partial charge in [-0.15, -0.1) is 0 Å². The zero-order valence-electron chi connectivity index (χ0n) is 14.3. The van der Waals surface area contributed by atoms with Crippen LogP contribution in [-0.4, -0.2) is 33.3 Å². The number of halogens is 2. The van der Waals surface area contributed by atoms with E-state index in [1.165, 1.54) is 0 Å². The summed E-state index contributed by atoms with van der Waals surface area (Å²) in [6.45, 7) is -0.941. The fourth-order valence-corrected chi connectivity index (χ4v) is 3.18. The quantitative estimate of drug-likeness (QED) is 0.407. The summed E-state index contributed by atoms with van der Waals surface area (Å²) in [6.07, 6.45) is 0.000269. The monoisotopic (exact) mass is 408 g/mol. The lowest BCUT2D eigenvalue weighted by Gasteiger charge is -2.08. The van der Waals surface area contributed by atoms with Crippen molar-refractivity contribution in [1.82, 2.24) is 4.72 Å². The maximum atomic E-state index is 13.5. The van der Waals surface area contributed by atoms with E-state index < -0.39 is 45.6 Å². The minimum absolute atomic E-state index is 0.000269. The van der Waals surface area contributed by atoms with E-state index in [1.807, 2.05) is 0 Å². The van der Waals surface area contributed by atoms with Gasteiger partial charge in [-0.3, -0.25) is 4.79 Å². The Hall–Kier alpha value is -3.16. The number of ether oxygens (including phenoxy) is 1. The minimum Gasteiger partial charge on any atom is -0.454 e. The van der Waals surface area contributed by atoms with Crippen molar-refractivity contribution in [1.29, 1.82) is 5.26 Å². The molecule has 0 atom stereocenters. The van der Waals surface area contributed by atoms with Gasteiger partial charge in [-0.25, -0.2) is 26.7 Å². The Balaban J connectivity index is 2.02. The minimum atomic E-state index is -3.84. The lowest BCUT2D eigenvalue weighted by atomic mass is 10.1. The summed E-state index contributed by atoms with van der Waals surface area (Å²) in [6, 6.07) is 9.31. The number of nitrogens with one attached hydrogen (secondary N) is 1. The predicted molar refractivity (Wildman–Crippen MR) is 92.8 cm³/mol. The summed E-state index contributed by atoms with van der Waals surface area (Å²) in [7, 11) is -3.84. The smallest absolute Gasteiger partial charge is 0.338 e. The molecule has 0 bridgehead atoms. The van der Waals surface area contributed by atoms with Crippen LogP contribution in [0.25, 0.3) is 0 Å². The van der Waals surface area contributed by atoms with Crippen LogP contribution in [0.2, 0.25) is 0 Å². The van der Waals surface area contributed by atoms with Gasteiger partial charge in [0.05, 0.1) is 22.1 Å². The molecule has 2 aromatic carbocycles. The molecule has 0 aliphatic heterocycles. The van der Waals surface area contributed by atoms with Gasteiger partial charge in [0.15, 0.2) is 6.61 Å². The van der Waals surface area contributed by atoms with Crippen LogP contribution in [-0.2, 0) is 14.8 Å². The van der Waals surface area contributed by atoms with Gasteiger partial charge in [0, 0.05) is 13.0 Å². The average Bonchev–Trinajstić information content (AvgIpc) is 2.66. The number of carbonyl (C=O) groups excluding carboxylic acids is 2. The Morgan fingerprint density at radius 2 is 1.68 bits per heavy atom. The molecule has 0 aliphatic carbocycles. The third kappa shape index (κ3) is 5.18. The lowest BCUT2D eigenvalue weighted by molar-refractivity contribution is 0.0472. The topological polar surface area (TPSA) is 113 Å². The zero-order chi connectivity index (χ0) is 20.7. The highest BCUT2D eigenvalue weighted by atomic mass is 32.2. The number of esters is 1. The van der Waals surface area contributed by atoms with Crippen molar-refractivity contribution in [3.05, 3.63) is 65.2 Å². The lowest BCUT2D eigenvalue weighted by Crippen LogP contribution is -2.24. The molecule has 0 amide bonds. The van der Waals surface area contributed by atoms with Crippen molar-refractivity contribution >= 4 is 21.8 Å². The third-order valence-corrected chi connectivity index (χ3v) is 4.98. The molecule has 7 nitrogen and oxygen atoms in total. The normalized spacial score (nSPS) is 10.9. The number of hydrogen-bond acceptors (Lipinski definition) is 6. The molecule has 0 spiro atoms. The van der Waals surface area contributed by atoms with Gasteiger partial charge < -0.3 is 4.74 Å². The first kappa shape index (κ1) is 21.1. The number of nitriles is 1. The van der Waals surface area contributed by atoms with E-state index in [4.69, 9.17) is 10.00 Å². The van der Waals surface area contributed by atoms with E-state index in [0.717, 1.165) is 42.5 Å². The summed E-state index contributed by atoms with van der Waals surface area (Å²) < 4.78 is 58.0. The van der Waals surface area contributed by atoms with Crippen LogP contribution < -0.4 is 4.72 Å². The number of benzene rings is 2. The van der Waals surface area contributed by atoms with Crippen LogP contribution in [0.1, 0.15) is 27.1 Å². The number of sulfonamides is 1. The third-order valence-electron chi connectivity index (χ3n) is 3.51. The average molecular weight is 408 g/mol. The molecule has 28 heavy (non-hydrogen) atoms. The van der Waals surface area contributed by atoms with Gasteiger partial charge in [0.1, 0.15) is 11.6 Å². The Bertz CT molecular complexity index is 1010. The number of nitrogens with zero attached hydrogens (tertiary/aromatic N) is 1. The molecule has 0 unspecified atom stereocenters. The molecule has 2 aromatic rings. The molecule has 0 saturated heterocycles. The molecular weight excluding hydrogens is 394 g/mol. The molecule has 2 rings (SSSR count). The molecule has 146 valence electrons. The summed E-state index contributed by atoms with van der Waals surface area (Å²) in [5.41, 5.74) is -0.863. The van der Waals surface area contributed by atoms with Crippen LogP contribution in [0.4, 0.5) is 8.78 Å². The maximum Gasteiger partial charge on any atom is 0.338 e. The number of rotatable bonds is 8. The highest BCUT2D eigenvalue weighted by Crippen LogP contribution is 2.14. The van der Waals surface area contributed by atoms with E-state index in [-0.39, 0.29) is 23.4 Å². The SMILES string of the molecule is N#CCCNS(=O)(=O)c1ccc(C(=O)OCC(=O)c2c(F)cccc2F)cc1. The van der Waals surface area contributed by atoms with Crippen molar-refractivity contribution in [3.63, 3.8) is 0 Å². The van der Waals surface area contributed by atoms with Crippen molar-refractivity contribution in [2.45, 2.75) is 11.3 Å². The second-order valence-electron chi connectivity index (χ2n) is 5.43. The Labute approximate surface area is 159 Å². The summed E-state index contributed by atoms with van der Waals surface area (Å²) in [4.78, 5) is 23.7. The second-order valence-corrected chi connectivity index (χ2v) is 7.19. The molecule has 0 heterocycles. The molecule has 0 saturated carbocycles. The highest BCUT2D eigenvalue weighted by Gasteiger charge is 2.20. The molecular formula is C18H14F2N2O5S. The van der Waals surface area contributed by atoms with Crippen molar-refractivity contribution in [3.8, 4) is 6.07 Å². The Morgan fingerprint density at radius 1 is 1.07 bits per heavy atom. The van der Waals surface area contributed by atoms with Gasteiger partial charge in [-0.2, -0.15) is 5.26 Å². The molecule has 10 heteroatoms. The molecule has 0 aliphatic rings. The Morgan fingerprint density at radius 3 is 2.25 bits per heavy atom. The number of Topliss-reactive ketones (excluding diaryl/α,β-unsaturated/α-hetero) is 1. The fourth-order valence-electron chi connectivity index (χ4n) is 2.15. The van der Waals surface area contributed by atoms with E-state index in [9.17, 15) is 26.8 Å². The van der Waals surface area contributed by atoms with Crippen LogP contribution in [0, 0.1) is 23.0 Å². The van der Waals surface area contributed by atoms with Crippen molar-refractivity contribution in [2.75, 3.05) is 13.2 Å². The predicted octanol–water partition coefficient (Wildman–Crippen LogP) is 2.20. The van der Waals surface area contributed by atoms with Crippen molar-refractivity contribution < 1.29 is 31.5 Å². The van der Waals surface area contributed by atoms with E-state index in [1.54, 1.807) is 6.07 Å². The largest absolute Gasteiger partial charge is 0.454 e. The molecule has 0 radical (unpaired) electrons. The Kier molecular flexibility index (Phi) is 6.92. The van der Waals surface area contributed by atoms with E-state index in [0.29, 0.717) is 0 Å². The first-order valence-electron chi connectivity index (χ1n) is 7.87. The fraction of sp³-hybridized carbons (Fsp3) is 0.167. The summed E-state index contributed by atoms with van der Waals surface area (Å²) in [5.74, 6) is -4.16. The summed E-state index contributed by atoms with van der Waals surface area (Å²) >= 11 is 0. The van der Waals surface area contributed by atoms with Gasteiger partial charge in [0.2, 0.25) is 15.8 Å². The summed E-state index contributed by atoms with van der Waals surface area (Å²) in [5, 5.41) is 8.42. The van der Waals surface area contributed by atoms with Crippen LogP contribution >= 0.6 is 0 Å². The van der Waals surface area contributed by atoms with Crippen LogP contribution in [0.15, 0.2) is 47.4 Å². The van der Waals surface area contributed by atoms with E-state index >= 15 is 0 Å². The van der Waals surface area contributed by atoms with E-state index in [2.05, 4.69) is 4.72 Å². The van der Waals surface area contributed by atoms with Crippen molar-refractivity contribution in [2.24, 2.45) is 0 Å². The first-order chi connectivity index (χ1) is 13.3. The molecule has 0 aromatic heterocycles. The van der Waals surface area contributed by atoms with Gasteiger partial charge in [0.25, 0.3) is 0 Å². The van der Waals surface area contributed by atoms with Gasteiger partial charge in [-0.1, -0.05) is 6.07 Å². The zero-order valence-corrected chi connectivity index (χ0v) is 15.1. The molecule has 1 N–H and O–H groups in total. The number of carbonyl (C=O) groups is 2. The molecule has 0 fully saturated rings.